The average molecular weight is 281 g/mol. The van der Waals surface area contributed by atoms with Crippen LogP contribution in [0.3, 0.4) is 0 Å². The van der Waals surface area contributed by atoms with E-state index in [4.69, 9.17) is 5.11 Å². The van der Waals surface area contributed by atoms with E-state index in [0.717, 1.165) is 18.2 Å². The lowest BCUT2D eigenvalue weighted by molar-refractivity contribution is -0.142. The van der Waals surface area contributed by atoms with Crippen molar-refractivity contribution < 1.29 is 14.7 Å². The van der Waals surface area contributed by atoms with Crippen LogP contribution in [0, 0.1) is 11.8 Å². The summed E-state index contributed by atoms with van der Waals surface area (Å²) in [6.07, 6.45) is 2.28. The number of hydrogen-bond donors (Lipinski definition) is 1. The Morgan fingerprint density at radius 3 is 2.53 bits per heavy atom. The molecule has 1 aliphatic heterocycles. The number of aliphatic carboxylic acids is 1. The molecular weight excluding hydrogens is 266 g/mol. The maximum absolute atomic E-state index is 12.1. The van der Waals surface area contributed by atoms with Gasteiger partial charge >= 0.3 is 5.97 Å². The number of carboxylic acid groups (broad SMARTS) is 1. The molecule has 1 N–H and O–H groups in total. The molecule has 0 unspecified atom stereocenters. The van der Waals surface area contributed by atoms with Crippen molar-refractivity contribution in [2.24, 2.45) is 11.8 Å². The van der Waals surface area contributed by atoms with Gasteiger partial charge in [0.15, 0.2) is 5.13 Å². The second kappa shape index (κ2) is 4.80. The Balaban J connectivity index is 1.53. The van der Waals surface area contributed by atoms with Crippen LogP contribution in [0.4, 0.5) is 5.13 Å². The van der Waals surface area contributed by atoms with E-state index in [0.29, 0.717) is 19.5 Å². The van der Waals surface area contributed by atoms with Crippen molar-refractivity contribution >= 4 is 28.3 Å². The SMILES string of the molecule is O=C(O)[C@H]1C[C@H]1C(=O)N1CCN(c2nccs2)CC1. The highest BCUT2D eigenvalue weighted by Gasteiger charge is 2.50. The summed E-state index contributed by atoms with van der Waals surface area (Å²) >= 11 is 1.60. The molecule has 6 nitrogen and oxygen atoms in total. The van der Waals surface area contributed by atoms with Gasteiger partial charge in [0.25, 0.3) is 0 Å². The van der Waals surface area contributed by atoms with E-state index in [1.807, 2.05) is 5.38 Å². The zero-order valence-electron chi connectivity index (χ0n) is 10.4. The highest BCUT2D eigenvalue weighted by atomic mass is 32.1. The molecule has 1 aromatic rings. The number of hydrogen-bond acceptors (Lipinski definition) is 5. The van der Waals surface area contributed by atoms with Crippen LogP contribution >= 0.6 is 11.3 Å². The monoisotopic (exact) mass is 281 g/mol. The molecule has 1 aliphatic carbocycles. The number of carboxylic acids is 1. The van der Waals surface area contributed by atoms with E-state index < -0.39 is 11.9 Å². The minimum Gasteiger partial charge on any atom is -0.481 e. The van der Waals surface area contributed by atoms with Gasteiger partial charge in [0.2, 0.25) is 5.91 Å². The molecule has 3 rings (SSSR count). The molecule has 2 fully saturated rings. The van der Waals surface area contributed by atoms with Crippen LogP contribution in [0.15, 0.2) is 11.6 Å². The maximum atomic E-state index is 12.1. The van der Waals surface area contributed by atoms with Gasteiger partial charge in [0, 0.05) is 37.8 Å². The molecule has 102 valence electrons. The lowest BCUT2D eigenvalue weighted by Gasteiger charge is -2.34. The van der Waals surface area contributed by atoms with Crippen LogP contribution in [0.1, 0.15) is 6.42 Å². The van der Waals surface area contributed by atoms with Gasteiger partial charge in [-0.1, -0.05) is 0 Å². The number of nitrogens with zero attached hydrogens (tertiary/aromatic N) is 3. The van der Waals surface area contributed by atoms with Crippen LogP contribution in [-0.4, -0.2) is 53.0 Å². The predicted octanol–water partition coefficient (Wildman–Crippen LogP) is 0.512. The largest absolute Gasteiger partial charge is 0.481 e. The molecule has 1 saturated carbocycles. The fourth-order valence-corrected chi connectivity index (χ4v) is 3.16. The smallest absolute Gasteiger partial charge is 0.307 e. The van der Waals surface area contributed by atoms with Crippen LogP contribution in [0.5, 0.6) is 0 Å². The van der Waals surface area contributed by atoms with Crippen molar-refractivity contribution in [1.29, 1.82) is 0 Å². The molecule has 0 aromatic carbocycles. The highest BCUT2D eigenvalue weighted by Crippen LogP contribution is 2.40. The molecule has 2 aliphatic rings. The summed E-state index contributed by atoms with van der Waals surface area (Å²) in [6, 6.07) is 0. The fraction of sp³-hybridized carbons (Fsp3) is 0.583. The van der Waals surface area contributed by atoms with E-state index in [1.165, 1.54) is 0 Å². The van der Waals surface area contributed by atoms with E-state index in [1.54, 1.807) is 22.4 Å². The van der Waals surface area contributed by atoms with Crippen molar-refractivity contribution in [3.8, 4) is 0 Å². The molecule has 7 heteroatoms. The van der Waals surface area contributed by atoms with Crippen molar-refractivity contribution in [3.05, 3.63) is 11.6 Å². The van der Waals surface area contributed by atoms with Crippen LogP contribution in [0.25, 0.3) is 0 Å². The Bertz CT molecular complexity index is 482. The van der Waals surface area contributed by atoms with Gasteiger partial charge in [0.05, 0.1) is 11.8 Å². The number of carbonyl (C=O) groups is 2. The maximum Gasteiger partial charge on any atom is 0.307 e. The Morgan fingerprint density at radius 1 is 1.26 bits per heavy atom. The van der Waals surface area contributed by atoms with Gasteiger partial charge in [-0.05, 0) is 6.42 Å². The van der Waals surface area contributed by atoms with Gasteiger partial charge in [-0.3, -0.25) is 9.59 Å². The number of amides is 1. The van der Waals surface area contributed by atoms with Crippen LogP contribution in [0.2, 0.25) is 0 Å². The zero-order valence-corrected chi connectivity index (χ0v) is 11.2. The van der Waals surface area contributed by atoms with E-state index in [-0.39, 0.29) is 11.8 Å². The number of carbonyl (C=O) groups excluding carboxylic acids is 1. The van der Waals surface area contributed by atoms with Gasteiger partial charge in [-0.15, -0.1) is 11.3 Å². The Morgan fingerprint density at radius 2 is 2.00 bits per heavy atom. The van der Waals surface area contributed by atoms with E-state index in [9.17, 15) is 9.59 Å². The molecule has 1 amide bonds. The summed E-state index contributed by atoms with van der Waals surface area (Å²) < 4.78 is 0. The third-order valence-corrected chi connectivity index (χ3v) is 4.54. The molecule has 1 saturated heterocycles. The number of piperazine rings is 1. The lowest BCUT2D eigenvalue weighted by Crippen LogP contribution is -2.49. The topological polar surface area (TPSA) is 73.7 Å². The minimum atomic E-state index is -0.847. The molecule has 0 bridgehead atoms. The summed E-state index contributed by atoms with van der Waals surface area (Å²) in [4.78, 5) is 31.1. The average Bonchev–Trinajstić information content (AvgIpc) is 3.05. The van der Waals surface area contributed by atoms with E-state index >= 15 is 0 Å². The Kier molecular flexibility index (Phi) is 3.14. The second-order valence-electron chi connectivity index (χ2n) is 4.91. The highest BCUT2D eigenvalue weighted by molar-refractivity contribution is 7.13. The molecular formula is C12H15N3O3S. The first kappa shape index (κ1) is 12.4. The van der Waals surface area contributed by atoms with Crippen molar-refractivity contribution in [2.75, 3.05) is 31.1 Å². The summed E-state index contributed by atoms with van der Waals surface area (Å²) in [6.45, 7) is 2.84. The molecule has 19 heavy (non-hydrogen) atoms. The molecule has 0 spiro atoms. The van der Waals surface area contributed by atoms with Crippen LogP contribution in [-0.2, 0) is 9.59 Å². The Hall–Kier alpha value is -1.63. The number of anilines is 1. The third kappa shape index (κ3) is 2.42. The molecule has 1 aromatic heterocycles. The molecule has 2 atom stereocenters. The van der Waals surface area contributed by atoms with Crippen molar-refractivity contribution in [3.63, 3.8) is 0 Å². The summed E-state index contributed by atoms with van der Waals surface area (Å²) in [5, 5.41) is 11.8. The third-order valence-electron chi connectivity index (χ3n) is 3.71. The Labute approximate surface area is 114 Å². The van der Waals surface area contributed by atoms with Crippen LogP contribution < -0.4 is 4.90 Å². The molecule has 0 radical (unpaired) electrons. The zero-order chi connectivity index (χ0) is 13.4. The van der Waals surface area contributed by atoms with Gasteiger partial charge < -0.3 is 14.9 Å². The first-order valence-electron chi connectivity index (χ1n) is 6.33. The standard InChI is InChI=1S/C12H15N3O3S/c16-10(8-7-9(8)11(17)18)14-2-4-15(5-3-14)12-13-1-6-19-12/h1,6,8-9H,2-5,7H2,(H,17,18)/t8-,9+/m1/s1. The molecule has 2 heterocycles. The number of aromatic nitrogens is 1. The first-order chi connectivity index (χ1) is 9.16. The number of thiazole rings is 1. The number of rotatable bonds is 3. The summed E-state index contributed by atoms with van der Waals surface area (Å²) in [7, 11) is 0. The predicted molar refractivity (Wildman–Crippen MR) is 70.1 cm³/mol. The summed E-state index contributed by atoms with van der Waals surface area (Å²) in [5.74, 6) is -1.58. The van der Waals surface area contributed by atoms with Crippen molar-refractivity contribution in [2.45, 2.75) is 6.42 Å². The first-order valence-corrected chi connectivity index (χ1v) is 7.21. The van der Waals surface area contributed by atoms with Crippen molar-refractivity contribution in [1.82, 2.24) is 9.88 Å². The quantitative estimate of drug-likeness (QED) is 0.874. The fourth-order valence-electron chi connectivity index (χ4n) is 2.47. The summed E-state index contributed by atoms with van der Waals surface area (Å²) in [5.41, 5.74) is 0. The van der Waals surface area contributed by atoms with E-state index in [2.05, 4.69) is 9.88 Å². The van der Waals surface area contributed by atoms with Gasteiger partial charge in [-0.2, -0.15) is 0 Å². The lowest BCUT2D eigenvalue weighted by atomic mass is 10.2. The van der Waals surface area contributed by atoms with Gasteiger partial charge in [0.1, 0.15) is 0 Å². The van der Waals surface area contributed by atoms with Gasteiger partial charge in [-0.25, -0.2) is 4.98 Å². The second-order valence-corrected chi connectivity index (χ2v) is 5.79. The normalized spacial score (nSPS) is 26.3. The minimum absolute atomic E-state index is 0.00573.